The summed E-state index contributed by atoms with van der Waals surface area (Å²) in [7, 11) is 1.72. The summed E-state index contributed by atoms with van der Waals surface area (Å²) >= 11 is 0. The molecule has 2 aromatic rings. The minimum atomic E-state index is -0.0590. The minimum Gasteiger partial charge on any atom is -0.496 e. The molecule has 0 aromatic heterocycles. The first-order valence-electron chi connectivity index (χ1n) is 10.3. The van der Waals surface area contributed by atoms with Crippen molar-refractivity contribution in [2.45, 2.75) is 39.8 Å². The SMILES string of the molecule is CC/C=c1\c(OC)ccc\c1=C1/C=NC(C(C)(C)COCc2ccccc2)CN1. The van der Waals surface area contributed by atoms with E-state index >= 15 is 0 Å². The van der Waals surface area contributed by atoms with Crippen LogP contribution in [-0.4, -0.2) is 32.5 Å². The maximum atomic E-state index is 6.00. The van der Waals surface area contributed by atoms with Crippen molar-refractivity contribution in [3.63, 3.8) is 0 Å². The molecule has 0 radical (unpaired) electrons. The molecule has 0 saturated heterocycles. The van der Waals surface area contributed by atoms with E-state index in [2.05, 4.69) is 50.4 Å². The number of aliphatic imine (C=N–C) groups is 1. The standard InChI is InChI=1S/C25H32N2O2/c1-5-10-21-20(13-9-14-23(21)28-4)22-15-27-24(16-26-22)25(2,3)18-29-17-19-11-7-6-8-12-19/h6-15,24,26H,5,16-18H2,1-4H3/b21-10-,22-20-. The molecule has 1 heterocycles. The first kappa shape index (κ1) is 21.1. The summed E-state index contributed by atoms with van der Waals surface area (Å²) < 4.78 is 11.6. The van der Waals surface area contributed by atoms with Crippen molar-refractivity contribution >= 4 is 18.0 Å². The topological polar surface area (TPSA) is 42.9 Å². The molecule has 29 heavy (non-hydrogen) atoms. The second-order valence-electron chi connectivity index (χ2n) is 8.09. The van der Waals surface area contributed by atoms with E-state index in [1.54, 1.807) is 7.11 Å². The lowest BCUT2D eigenvalue weighted by Crippen LogP contribution is -2.45. The van der Waals surface area contributed by atoms with Gasteiger partial charge in [0.15, 0.2) is 0 Å². The van der Waals surface area contributed by atoms with Crippen molar-refractivity contribution in [1.82, 2.24) is 5.32 Å². The van der Waals surface area contributed by atoms with Gasteiger partial charge in [0.2, 0.25) is 0 Å². The number of hydrogen-bond donors (Lipinski definition) is 1. The minimum absolute atomic E-state index is 0.0590. The second kappa shape index (κ2) is 9.75. The number of nitrogens with one attached hydrogen (secondary N) is 1. The Hall–Kier alpha value is -2.59. The van der Waals surface area contributed by atoms with Crippen LogP contribution in [0.2, 0.25) is 0 Å². The zero-order valence-corrected chi connectivity index (χ0v) is 17.9. The van der Waals surface area contributed by atoms with E-state index in [4.69, 9.17) is 14.5 Å². The monoisotopic (exact) mass is 392 g/mol. The van der Waals surface area contributed by atoms with Crippen molar-refractivity contribution in [1.29, 1.82) is 0 Å². The molecular weight excluding hydrogens is 360 g/mol. The van der Waals surface area contributed by atoms with E-state index in [0.29, 0.717) is 13.2 Å². The number of hydrogen-bond acceptors (Lipinski definition) is 4. The molecule has 3 rings (SSSR count). The summed E-state index contributed by atoms with van der Waals surface area (Å²) in [5, 5.41) is 5.84. The summed E-state index contributed by atoms with van der Waals surface area (Å²) in [4.78, 5) is 4.88. The fourth-order valence-corrected chi connectivity index (χ4v) is 3.59. The third-order valence-electron chi connectivity index (χ3n) is 5.34. The van der Waals surface area contributed by atoms with Crippen molar-refractivity contribution in [2.24, 2.45) is 10.4 Å². The molecule has 1 aliphatic rings. The van der Waals surface area contributed by atoms with Gasteiger partial charge < -0.3 is 14.8 Å². The third kappa shape index (κ3) is 5.27. The van der Waals surface area contributed by atoms with Gasteiger partial charge in [-0.2, -0.15) is 0 Å². The Morgan fingerprint density at radius 2 is 1.93 bits per heavy atom. The first-order chi connectivity index (χ1) is 14.0. The summed E-state index contributed by atoms with van der Waals surface area (Å²) in [6, 6.07) is 16.6. The highest BCUT2D eigenvalue weighted by atomic mass is 16.5. The van der Waals surface area contributed by atoms with Gasteiger partial charge in [-0.3, -0.25) is 4.99 Å². The van der Waals surface area contributed by atoms with Crippen LogP contribution in [0.15, 0.2) is 53.5 Å². The van der Waals surface area contributed by atoms with Gasteiger partial charge in [0.05, 0.1) is 32.1 Å². The number of methoxy groups -OCH3 is 1. The van der Waals surface area contributed by atoms with E-state index in [1.807, 2.05) is 36.5 Å². The van der Waals surface area contributed by atoms with E-state index in [-0.39, 0.29) is 11.5 Å². The quantitative estimate of drug-likeness (QED) is 0.786. The van der Waals surface area contributed by atoms with Gasteiger partial charge >= 0.3 is 0 Å². The highest BCUT2D eigenvalue weighted by Crippen LogP contribution is 2.25. The summed E-state index contributed by atoms with van der Waals surface area (Å²) in [5.74, 6) is 0.892. The Kier molecular flexibility index (Phi) is 7.10. The maximum absolute atomic E-state index is 6.00. The van der Waals surface area contributed by atoms with E-state index in [9.17, 15) is 0 Å². The first-order valence-corrected chi connectivity index (χ1v) is 10.3. The van der Waals surface area contributed by atoms with Crippen molar-refractivity contribution in [3.8, 4) is 5.75 Å². The van der Waals surface area contributed by atoms with E-state index in [0.717, 1.165) is 34.8 Å². The lowest BCUT2D eigenvalue weighted by Gasteiger charge is -2.34. The molecule has 1 N–H and O–H groups in total. The van der Waals surface area contributed by atoms with Gasteiger partial charge in [0.25, 0.3) is 0 Å². The highest BCUT2D eigenvalue weighted by molar-refractivity contribution is 6.01. The number of ether oxygens (including phenoxy) is 2. The van der Waals surface area contributed by atoms with E-state index < -0.39 is 0 Å². The maximum Gasteiger partial charge on any atom is 0.126 e. The molecule has 1 atom stereocenters. The Labute approximate surface area is 174 Å². The number of benzene rings is 2. The van der Waals surface area contributed by atoms with Crippen LogP contribution in [-0.2, 0) is 11.3 Å². The Bertz CT molecular complexity index is 949. The summed E-state index contributed by atoms with van der Waals surface area (Å²) in [6.45, 7) is 8.65. The van der Waals surface area contributed by atoms with Crippen LogP contribution in [0.5, 0.6) is 5.75 Å². The molecule has 2 aromatic carbocycles. The average Bonchev–Trinajstić information content (AvgIpc) is 2.75. The largest absolute Gasteiger partial charge is 0.496 e. The van der Waals surface area contributed by atoms with Crippen LogP contribution in [0.1, 0.15) is 32.8 Å². The van der Waals surface area contributed by atoms with Crippen LogP contribution in [0.3, 0.4) is 0 Å². The molecule has 0 bridgehead atoms. The normalized spacial score (nSPS) is 19.2. The lowest BCUT2D eigenvalue weighted by atomic mass is 9.85. The van der Waals surface area contributed by atoms with Crippen molar-refractivity contribution in [3.05, 3.63) is 64.5 Å². The lowest BCUT2D eigenvalue weighted by molar-refractivity contribution is 0.0391. The van der Waals surface area contributed by atoms with Gasteiger partial charge in [-0.1, -0.05) is 69.3 Å². The molecule has 0 fully saturated rings. The van der Waals surface area contributed by atoms with Gasteiger partial charge in [0.1, 0.15) is 5.75 Å². The Balaban J connectivity index is 1.75. The molecule has 154 valence electrons. The van der Waals surface area contributed by atoms with Crippen LogP contribution >= 0.6 is 0 Å². The third-order valence-corrected chi connectivity index (χ3v) is 5.34. The smallest absolute Gasteiger partial charge is 0.126 e. The van der Waals surface area contributed by atoms with Gasteiger partial charge in [-0.15, -0.1) is 0 Å². The summed E-state index contributed by atoms with van der Waals surface area (Å²) in [6.07, 6.45) is 5.12. The van der Waals surface area contributed by atoms with Crippen LogP contribution in [0.4, 0.5) is 0 Å². The molecular formula is C25H32N2O2. The zero-order valence-electron chi connectivity index (χ0n) is 17.9. The summed E-state index contributed by atoms with van der Waals surface area (Å²) in [5.41, 5.74) is 2.18. The molecule has 0 aliphatic carbocycles. The number of nitrogens with zero attached hydrogens (tertiary/aromatic N) is 1. The fraction of sp³-hybridized carbons (Fsp3) is 0.400. The fourth-order valence-electron chi connectivity index (χ4n) is 3.59. The van der Waals surface area contributed by atoms with Gasteiger partial charge in [-0.05, 0) is 18.1 Å². The highest BCUT2D eigenvalue weighted by Gasteiger charge is 2.31. The predicted molar refractivity (Wildman–Crippen MR) is 121 cm³/mol. The van der Waals surface area contributed by atoms with Gasteiger partial charge in [-0.25, -0.2) is 0 Å². The average molecular weight is 393 g/mol. The van der Waals surface area contributed by atoms with Crippen molar-refractivity contribution < 1.29 is 9.47 Å². The molecule has 1 unspecified atom stereocenters. The Morgan fingerprint density at radius 3 is 2.59 bits per heavy atom. The molecule has 0 amide bonds. The molecule has 4 heteroatoms. The Morgan fingerprint density at radius 1 is 1.14 bits per heavy atom. The van der Waals surface area contributed by atoms with E-state index in [1.165, 1.54) is 5.56 Å². The zero-order chi connectivity index (χ0) is 20.7. The molecule has 0 saturated carbocycles. The molecule has 4 nitrogen and oxygen atoms in total. The molecule has 1 aliphatic heterocycles. The second-order valence-corrected chi connectivity index (χ2v) is 8.09. The van der Waals surface area contributed by atoms with Crippen LogP contribution in [0.25, 0.3) is 11.8 Å². The van der Waals surface area contributed by atoms with Crippen LogP contribution in [0, 0.1) is 5.41 Å². The predicted octanol–water partition coefficient (Wildman–Crippen LogP) is 3.28. The van der Waals surface area contributed by atoms with Crippen molar-refractivity contribution in [2.75, 3.05) is 20.3 Å². The number of rotatable bonds is 7. The molecule has 0 spiro atoms. The van der Waals surface area contributed by atoms with Crippen LogP contribution < -0.4 is 20.5 Å². The van der Waals surface area contributed by atoms with Gasteiger partial charge in [0, 0.05) is 28.6 Å².